The molecule has 0 aromatic carbocycles. The smallest absolute Gasteiger partial charge is 0.151 e. The molecule has 0 aliphatic rings. The number of aromatic nitrogens is 2. The fourth-order valence-electron chi connectivity index (χ4n) is 0.831. The van der Waals surface area contributed by atoms with Crippen molar-refractivity contribution in [2.75, 3.05) is 0 Å². The van der Waals surface area contributed by atoms with Gasteiger partial charge in [0.05, 0.1) is 0 Å². The van der Waals surface area contributed by atoms with Gasteiger partial charge in [-0.15, -0.1) is 0 Å². The van der Waals surface area contributed by atoms with E-state index in [1.807, 2.05) is 0 Å². The summed E-state index contributed by atoms with van der Waals surface area (Å²) in [5.41, 5.74) is 0.911. The standard InChI is InChI=1S/C7H9ClN4/c1-4-3-6(8)11-12(5(2)9)7(4)10/h3,9-10H,1-2H3. The van der Waals surface area contributed by atoms with Crippen LogP contribution in [-0.4, -0.2) is 15.6 Å². The van der Waals surface area contributed by atoms with Crippen molar-refractivity contribution in [3.05, 3.63) is 22.3 Å². The first-order chi connectivity index (χ1) is 5.52. The molecule has 64 valence electrons. The third kappa shape index (κ3) is 1.53. The third-order valence-electron chi connectivity index (χ3n) is 1.43. The van der Waals surface area contributed by atoms with Gasteiger partial charge in [-0.1, -0.05) is 11.6 Å². The second kappa shape index (κ2) is 3.06. The van der Waals surface area contributed by atoms with E-state index in [0.29, 0.717) is 10.7 Å². The minimum Gasteiger partial charge on any atom is -0.287 e. The summed E-state index contributed by atoms with van der Waals surface area (Å²) in [5.74, 6) is 0.186. The van der Waals surface area contributed by atoms with Crippen molar-refractivity contribution in [3.8, 4) is 0 Å². The van der Waals surface area contributed by atoms with E-state index < -0.39 is 0 Å². The molecule has 1 aromatic heterocycles. The van der Waals surface area contributed by atoms with Gasteiger partial charge in [0.15, 0.2) is 10.6 Å². The molecule has 2 N–H and O–H groups in total. The molecular formula is C7H9ClN4. The fourth-order valence-corrected chi connectivity index (χ4v) is 1.07. The lowest BCUT2D eigenvalue weighted by Crippen LogP contribution is -2.29. The molecule has 0 bridgehead atoms. The highest BCUT2D eigenvalue weighted by Crippen LogP contribution is 2.01. The highest BCUT2D eigenvalue weighted by atomic mass is 35.5. The van der Waals surface area contributed by atoms with Crippen LogP contribution in [0.2, 0.25) is 5.15 Å². The number of hydrogen-bond donors (Lipinski definition) is 2. The Morgan fingerprint density at radius 2 is 2.25 bits per heavy atom. The molecule has 0 aliphatic heterocycles. The predicted molar refractivity (Wildman–Crippen MR) is 46.6 cm³/mol. The molecule has 0 unspecified atom stereocenters. The molecule has 5 heteroatoms. The van der Waals surface area contributed by atoms with Crippen LogP contribution in [-0.2, 0) is 0 Å². The van der Waals surface area contributed by atoms with Crippen LogP contribution in [0.5, 0.6) is 0 Å². The number of rotatable bonds is 0. The van der Waals surface area contributed by atoms with E-state index in [-0.39, 0.29) is 11.3 Å². The van der Waals surface area contributed by atoms with Crippen molar-refractivity contribution in [1.82, 2.24) is 9.78 Å². The largest absolute Gasteiger partial charge is 0.287 e. The van der Waals surface area contributed by atoms with Crippen molar-refractivity contribution in [2.45, 2.75) is 13.8 Å². The maximum absolute atomic E-state index is 7.52. The molecule has 0 saturated carbocycles. The molecule has 4 nitrogen and oxygen atoms in total. The Morgan fingerprint density at radius 3 is 2.75 bits per heavy atom. The highest BCUT2D eigenvalue weighted by Gasteiger charge is 2.01. The average Bonchev–Trinajstić information content (AvgIpc) is 1.96. The second-order valence-electron chi connectivity index (χ2n) is 2.50. The number of nitrogens with one attached hydrogen (secondary N) is 2. The highest BCUT2D eigenvalue weighted by molar-refractivity contribution is 6.29. The summed E-state index contributed by atoms with van der Waals surface area (Å²) in [6.07, 6.45) is 0. The van der Waals surface area contributed by atoms with E-state index in [2.05, 4.69) is 5.10 Å². The normalized spacial score (nSPS) is 9.92. The lowest BCUT2D eigenvalue weighted by molar-refractivity contribution is 0.793. The van der Waals surface area contributed by atoms with Crippen LogP contribution < -0.4 is 5.49 Å². The monoisotopic (exact) mass is 184 g/mol. The van der Waals surface area contributed by atoms with Crippen LogP contribution in [0.4, 0.5) is 0 Å². The van der Waals surface area contributed by atoms with E-state index in [1.165, 1.54) is 4.68 Å². The molecule has 1 aromatic rings. The lowest BCUT2D eigenvalue weighted by Gasteiger charge is -2.04. The van der Waals surface area contributed by atoms with E-state index in [4.69, 9.17) is 22.4 Å². The van der Waals surface area contributed by atoms with Crippen LogP contribution in [0, 0.1) is 17.7 Å². The maximum Gasteiger partial charge on any atom is 0.151 e. The van der Waals surface area contributed by atoms with Crippen LogP contribution in [0.25, 0.3) is 0 Å². The molecule has 1 rings (SSSR count). The van der Waals surface area contributed by atoms with Crippen LogP contribution in [0.15, 0.2) is 6.07 Å². The van der Waals surface area contributed by atoms with E-state index in [1.54, 1.807) is 19.9 Å². The quantitative estimate of drug-likeness (QED) is 0.461. The van der Waals surface area contributed by atoms with Gasteiger partial charge in [0.25, 0.3) is 0 Å². The van der Waals surface area contributed by atoms with E-state index >= 15 is 0 Å². The Hall–Kier alpha value is -1.16. The van der Waals surface area contributed by atoms with Crippen molar-refractivity contribution < 1.29 is 0 Å². The summed E-state index contributed by atoms with van der Waals surface area (Å²) in [5, 5.41) is 18.9. The zero-order valence-corrected chi connectivity index (χ0v) is 7.61. The van der Waals surface area contributed by atoms with E-state index in [0.717, 1.165) is 0 Å². The Bertz CT molecular complexity index is 379. The van der Waals surface area contributed by atoms with Gasteiger partial charge in [-0.3, -0.25) is 10.8 Å². The van der Waals surface area contributed by atoms with Gasteiger partial charge < -0.3 is 0 Å². The molecule has 0 saturated heterocycles. The van der Waals surface area contributed by atoms with Gasteiger partial charge in [-0.05, 0) is 25.5 Å². The van der Waals surface area contributed by atoms with Gasteiger partial charge in [-0.25, -0.2) is 4.68 Å². The summed E-state index contributed by atoms with van der Waals surface area (Å²) in [7, 11) is 0. The van der Waals surface area contributed by atoms with Crippen LogP contribution >= 0.6 is 11.6 Å². The SMILES string of the molecule is CC(=N)n1nc(Cl)cc(C)c1=N. The summed E-state index contributed by atoms with van der Waals surface area (Å²) in [6.45, 7) is 3.32. The van der Waals surface area contributed by atoms with Gasteiger partial charge in [-0.2, -0.15) is 5.10 Å². The molecule has 0 fully saturated rings. The Balaban J connectivity index is 3.49. The summed E-state index contributed by atoms with van der Waals surface area (Å²) in [4.78, 5) is 0. The zero-order valence-electron chi connectivity index (χ0n) is 6.85. The zero-order chi connectivity index (χ0) is 9.30. The third-order valence-corrected chi connectivity index (χ3v) is 1.62. The number of halogens is 1. The molecule has 0 aliphatic carbocycles. The molecule has 0 amide bonds. The molecule has 1 heterocycles. The van der Waals surface area contributed by atoms with Crippen LogP contribution in [0.3, 0.4) is 0 Å². The number of aryl methyl sites for hydroxylation is 1. The fraction of sp³-hybridized carbons (Fsp3) is 0.286. The maximum atomic E-state index is 7.52. The minimum absolute atomic E-state index is 0.186. The Kier molecular flexibility index (Phi) is 2.28. The summed E-state index contributed by atoms with van der Waals surface area (Å²) in [6, 6.07) is 1.60. The van der Waals surface area contributed by atoms with Gasteiger partial charge >= 0.3 is 0 Å². The minimum atomic E-state index is 0.186. The van der Waals surface area contributed by atoms with Gasteiger partial charge in [0, 0.05) is 0 Å². The first kappa shape index (κ1) is 8.93. The molecule has 0 atom stereocenters. The second-order valence-corrected chi connectivity index (χ2v) is 2.88. The number of nitrogens with zero attached hydrogens (tertiary/aromatic N) is 2. The van der Waals surface area contributed by atoms with Crippen molar-refractivity contribution in [2.24, 2.45) is 0 Å². The van der Waals surface area contributed by atoms with Crippen molar-refractivity contribution in [3.63, 3.8) is 0 Å². The van der Waals surface area contributed by atoms with Crippen molar-refractivity contribution >= 4 is 17.4 Å². The van der Waals surface area contributed by atoms with Crippen LogP contribution in [0.1, 0.15) is 12.5 Å². The summed E-state index contributed by atoms with van der Waals surface area (Å²) >= 11 is 5.65. The van der Waals surface area contributed by atoms with Gasteiger partial charge in [0.2, 0.25) is 0 Å². The first-order valence-corrected chi connectivity index (χ1v) is 3.77. The Labute approximate surface area is 74.8 Å². The predicted octanol–water partition coefficient (Wildman–Crippen LogP) is 1.17. The number of hydrogen-bond acceptors (Lipinski definition) is 3. The average molecular weight is 185 g/mol. The summed E-state index contributed by atoms with van der Waals surface area (Å²) < 4.78 is 1.19. The first-order valence-electron chi connectivity index (χ1n) is 3.39. The molecular weight excluding hydrogens is 176 g/mol. The Morgan fingerprint density at radius 1 is 1.67 bits per heavy atom. The molecule has 12 heavy (non-hydrogen) atoms. The lowest BCUT2D eigenvalue weighted by atomic mass is 10.3. The van der Waals surface area contributed by atoms with Crippen molar-refractivity contribution in [1.29, 1.82) is 10.8 Å². The topological polar surface area (TPSA) is 65.5 Å². The molecule has 0 spiro atoms. The molecule has 0 radical (unpaired) electrons. The van der Waals surface area contributed by atoms with E-state index in [9.17, 15) is 0 Å². The van der Waals surface area contributed by atoms with Gasteiger partial charge in [0.1, 0.15) is 5.84 Å².